The van der Waals surface area contributed by atoms with Crippen LogP contribution in [0.3, 0.4) is 0 Å². The molecule has 2 rings (SSSR count). The minimum absolute atomic E-state index is 0.00579. The number of hydrogen-bond donors (Lipinski definition) is 2. The van der Waals surface area contributed by atoms with Crippen molar-refractivity contribution in [2.75, 3.05) is 18.8 Å². The van der Waals surface area contributed by atoms with Gasteiger partial charge in [-0.05, 0) is 25.8 Å². The summed E-state index contributed by atoms with van der Waals surface area (Å²) in [5.74, 6) is 0.119. The summed E-state index contributed by atoms with van der Waals surface area (Å²) in [6, 6.07) is 0.171. The van der Waals surface area contributed by atoms with Crippen LogP contribution in [-0.4, -0.2) is 50.2 Å². The highest BCUT2D eigenvalue weighted by molar-refractivity contribution is 7.89. The van der Waals surface area contributed by atoms with Crippen LogP contribution in [0.1, 0.15) is 32.1 Å². The summed E-state index contributed by atoms with van der Waals surface area (Å²) in [5, 5.41) is 8.06. The maximum Gasteiger partial charge on any atom is 0.220 e. The topological polar surface area (TPSA) is 92.5 Å². The number of carbonyl (C=O) groups excluding carboxylic acids is 1. The number of primary sulfonamides is 1. The van der Waals surface area contributed by atoms with Gasteiger partial charge in [0, 0.05) is 25.0 Å². The molecule has 0 bridgehead atoms. The van der Waals surface area contributed by atoms with E-state index in [4.69, 9.17) is 5.14 Å². The third kappa shape index (κ3) is 3.93. The molecule has 7 heteroatoms. The van der Waals surface area contributed by atoms with Crippen molar-refractivity contribution in [1.29, 1.82) is 0 Å². The van der Waals surface area contributed by atoms with Crippen LogP contribution in [0.15, 0.2) is 0 Å². The van der Waals surface area contributed by atoms with E-state index < -0.39 is 10.0 Å². The predicted octanol–water partition coefficient (Wildman–Crippen LogP) is -0.592. The standard InChI is InChI=1S/C11H21N3O3S/c12-18(16,17)8-10-3-1-2-6-14(10)7-9-4-5-11(15)13-9/h9-10H,1-8H2,(H,13,15)(H2,12,16,17)/t9-,10?/m0/s1. The smallest absolute Gasteiger partial charge is 0.220 e. The molecule has 0 aliphatic carbocycles. The third-order valence-corrected chi connectivity index (χ3v) is 4.56. The van der Waals surface area contributed by atoms with Gasteiger partial charge in [0.05, 0.1) is 5.75 Å². The lowest BCUT2D eigenvalue weighted by molar-refractivity contribution is -0.119. The quantitative estimate of drug-likeness (QED) is 0.717. The Balaban J connectivity index is 1.93. The number of likely N-dealkylation sites (tertiary alicyclic amines) is 1. The molecule has 2 aliphatic rings. The first-order chi connectivity index (χ1) is 8.44. The van der Waals surface area contributed by atoms with Gasteiger partial charge in [0.15, 0.2) is 0 Å². The summed E-state index contributed by atoms with van der Waals surface area (Å²) in [7, 11) is -3.43. The molecule has 0 spiro atoms. The molecule has 0 aromatic rings. The van der Waals surface area contributed by atoms with E-state index in [2.05, 4.69) is 10.2 Å². The van der Waals surface area contributed by atoms with Crippen LogP contribution in [-0.2, 0) is 14.8 Å². The molecule has 104 valence electrons. The molecule has 0 aromatic carbocycles. The summed E-state index contributed by atoms with van der Waals surface area (Å²) in [5.41, 5.74) is 0. The Labute approximate surface area is 108 Å². The van der Waals surface area contributed by atoms with E-state index in [1.165, 1.54) is 0 Å². The van der Waals surface area contributed by atoms with E-state index >= 15 is 0 Å². The van der Waals surface area contributed by atoms with Crippen molar-refractivity contribution < 1.29 is 13.2 Å². The number of sulfonamides is 1. The van der Waals surface area contributed by atoms with Gasteiger partial charge in [-0.1, -0.05) is 6.42 Å². The Morgan fingerprint density at radius 2 is 2.11 bits per heavy atom. The van der Waals surface area contributed by atoms with Crippen molar-refractivity contribution >= 4 is 15.9 Å². The predicted molar refractivity (Wildman–Crippen MR) is 68.4 cm³/mol. The van der Waals surface area contributed by atoms with Gasteiger partial charge in [0.25, 0.3) is 0 Å². The van der Waals surface area contributed by atoms with Crippen LogP contribution in [0.5, 0.6) is 0 Å². The monoisotopic (exact) mass is 275 g/mol. The molecule has 1 unspecified atom stereocenters. The van der Waals surface area contributed by atoms with Crippen LogP contribution >= 0.6 is 0 Å². The van der Waals surface area contributed by atoms with E-state index in [9.17, 15) is 13.2 Å². The fourth-order valence-corrected chi connectivity index (χ4v) is 3.77. The average molecular weight is 275 g/mol. The zero-order chi connectivity index (χ0) is 13.2. The zero-order valence-electron chi connectivity index (χ0n) is 10.5. The Kier molecular flexibility index (Phi) is 4.24. The van der Waals surface area contributed by atoms with Crippen molar-refractivity contribution in [2.45, 2.75) is 44.2 Å². The van der Waals surface area contributed by atoms with Crippen LogP contribution in [0, 0.1) is 0 Å². The Bertz CT molecular complexity index is 410. The van der Waals surface area contributed by atoms with Crippen LogP contribution in [0.25, 0.3) is 0 Å². The summed E-state index contributed by atoms with van der Waals surface area (Å²) >= 11 is 0. The number of carbonyl (C=O) groups is 1. The fraction of sp³-hybridized carbons (Fsp3) is 0.909. The van der Waals surface area contributed by atoms with E-state index in [-0.39, 0.29) is 23.7 Å². The summed E-state index contributed by atoms with van der Waals surface area (Å²) < 4.78 is 22.4. The Morgan fingerprint density at radius 1 is 1.33 bits per heavy atom. The van der Waals surface area contributed by atoms with Crippen LogP contribution < -0.4 is 10.5 Å². The Morgan fingerprint density at radius 3 is 2.72 bits per heavy atom. The number of piperidine rings is 1. The molecule has 3 N–H and O–H groups in total. The van der Waals surface area contributed by atoms with Crippen molar-refractivity contribution in [3.8, 4) is 0 Å². The second-order valence-electron chi connectivity index (χ2n) is 5.28. The fourth-order valence-electron chi connectivity index (χ4n) is 2.85. The van der Waals surface area contributed by atoms with Gasteiger partial charge >= 0.3 is 0 Å². The Hall–Kier alpha value is -0.660. The van der Waals surface area contributed by atoms with Gasteiger partial charge in [0.2, 0.25) is 15.9 Å². The average Bonchev–Trinajstić information content (AvgIpc) is 2.65. The third-order valence-electron chi connectivity index (χ3n) is 3.71. The zero-order valence-corrected chi connectivity index (χ0v) is 11.3. The van der Waals surface area contributed by atoms with E-state index in [0.717, 1.165) is 38.8 Å². The van der Waals surface area contributed by atoms with Gasteiger partial charge in [-0.15, -0.1) is 0 Å². The molecule has 2 fully saturated rings. The SMILES string of the molecule is NS(=O)(=O)CC1CCCCN1C[C@@H]1CCC(=O)N1. The highest BCUT2D eigenvalue weighted by Gasteiger charge is 2.30. The molecule has 18 heavy (non-hydrogen) atoms. The number of nitrogens with one attached hydrogen (secondary N) is 1. The maximum absolute atomic E-state index is 11.2. The van der Waals surface area contributed by atoms with Gasteiger partial charge in [0.1, 0.15) is 0 Å². The lowest BCUT2D eigenvalue weighted by atomic mass is 10.0. The molecule has 0 radical (unpaired) electrons. The summed E-state index contributed by atoms with van der Waals surface area (Å²) in [6.07, 6.45) is 4.43. The highest BCUT2D eigenvalue weighted by Crippen LogP contribution is 2.20. The van der Waals surface area contributed by atoms with Gasteiger partial charge in [-0.2, -0.15) is 0 Å². The highest BCUT2D eigenvalue weighted by atomic mass is 32.2. The molecular formula is C11H21N3O3S. The van der Waals surface area contributed by atoms with Crippen LogP contribution in [0.2, 0.25) is 0 Å². The molecule has 2 heterocycles. The van der Waals surface area contributed by atoms with Gasteiger partial charge < -0.3 is 5.32 Å². The molecule has 2 atom stereocenters. The summed E-state index contributed by atoms with van der Waals surface area (Å²) in [6.45, 7) is 1.64. The molecule has 2 aliphatic heterocycles. The number of rotatable bonds is 4. The molecule has 0 aromatic heterocycles. The first-order valence-corrected chi connectivity index (χ1v) is 8.19. The second kappa shape index (κ2) is 5.54. The molecule has 1 amide bonds. The second-order valence-corrected chi connectivity index (χ2v) is 6.94. The van der Waals surface area contributed by atoms with E-state index in [0.29, 0.717) is 6.42 Å². The van der Waals surface area contributed by atoms with Gasteiger partial charge in [-0.25, -0.2) is 13.6 Å². The van der Waals surface area contributed by atoms with Gasteiger partial charge in [-0.3, -0.25) is 9.69 Å². The van der Waals surface area contributed by atoms with E-state index in [1.807, 2.05) is 0 Å². The normalized spacial score (nSPS) is 30.4. The van der Waals surface area contributed by atoms with E-state index in [1.54, 1.807) is 0 Å². The summed E-state index contributed by atoms with van der Waals surface area (Å²) in [4.78, 5) is 13.3. The minimum atomic E-state index is -3.43. The van der Waals surface area contributed by atoms with Crippen molar-refractivity contribution in [3.05, 3.63) is 0 Å². The van der Waals surface area contributed by atoms with Crippen LogP contribution in [0.4, 0.5) is 0 Å². The van der Waals surface area contributed by atoms with Crippen molar-refractivity contribution in [1.82, 2.24) is 10.2 Å². The first kappa shape index (κ1) is 13.8. The number of amides is 1. The minimum Gasteiger partial charge on any atom is -0.352 e. The lowest BCUT2D eigenvalue weighted by Crippen LogP contribution is -2.49. The molecule has 2 saturated heterocycles. The first-order valence-electron chi connectivity index (χ1n) is 6.48. The molecule has 6 nitrogen and oxygen atoms in total. The largest absolute Gasteiger partial charge is 0.352 e. The number of nitrogens with two attached hydrogens (primary N) is 1. The molecule has 0 saturated carbocycles. The molecular weight excluding hydrogens is 254 g/mol. The lowest BCUT2D eigenvalue weighted by Gasteiger charge is -2.36. The maximum atomic E-state index is 11.2. The number of nitrogens with zero attached hydrogens (tertiary/aromatic N) is 1. The van der Waals surface area contributed by atoms with Crippen molar-refractivity contribution in [2.24, 2.45) is 5.14 Å². The van der Waals surface area contributed by atoms with Crippen molar-refractivity contribution in [3.63, 3.8) is 0 Å². The number of hydrogen-bond acceptors (Lipinski definition) is 4.